The summed E-state index contributed by atoms with van der Waals surface area (Å²) in [5.74, 6) is 0.743. The van der Waals surface area contributed by atoms with E-state index in [1.165, 1.54) is 32.9 Å². The summed E-state index contributed by atoms with van der Waals surface area (Å²) in [6.07, 6.45) is 4.73. The maximum Gasteiger partial charge on any atom is 0.325 e. The van der Waals surface area contributed by atoms with Crippen LogP contribution < -0.4 is 5.32 Å². The molecular weight excluding hydrogens is 240 g/mol. The van der Waals surface area contributed by atoms with Crippen molar-refractivity contribution in [2.75, 3.05) is 33.3 Å². The Morgan fingerprint density at radius 3 is 2.53 bits per heavy atom. The second-order valence-corrected chi connectivity index (χ2v) is 5.85. The smallest absolute Gasteiger partial charge is 0.325 e. The third kappa shape index (κ3) is 5.49. The van der Waals surface area contributed by atoms with Crippen LogP contribution >= 0.6 is 0 Å². The molecule has 1 aliphatic rings. The Morgan fingerprint density at radius 2 is 2.05 bits per heavy atom. The molecule has 1 unspecified atom stereocenters. The van der Waals surface area contributed by atoms with Crippen LogP contribution in [0.4, 0.5) is 0 Å². The molecule has 0 aromatic rings. The van der Waals surface area contributed by atoms with Crippen LogP contribution in [0, 0.1) is 5.92 Å². The molecule has 0 aromatic heterocycles. The average Bonchev–Trinajstić information content (AvgIpc) is 3.19. The summed E-state index contributed by atoms with van der Waals surface area (Å²) in [6.45, 7) is 10.2. The van der Waals surface area contributed by atoms with Crippen molar-refractivity contribution in [3.8, 4) is 0 Å². The lowest BCUT2D eigenvalue weighted by Gasteiger charge is -2.31. The molecule has 1 aliphatic carbocycles. The van der Waals surface area contributed by atoms with Gasteiger partial charge in [-0.05, 0) is 51.6 Å². The number of rotatable bonds is 10. The van der Waals surface area contributed by atoms with E-state index in [1.807, 2.05) is 13.8 Å². The number of methoxy groups -OCH3 is 1. The number of esters is 1. The highest BCUT2D eigenvalue weighted by molar-refractivity contribution is 5.80. The van der Waals surface area contributed by atoms with Crippen molar-refractivity contribution in [2.24, 2.45) is 5.92 Å². The predicted octanol–water partition coefficient (Wildman–Crippen LogP) is 2.04. The summed E-state index contributed by atoms with van der Waals surface area (Å²) in [7, 11) is 1.46. The van der Waals surface area contributed by atoms with Gasteiger partial charge in [0, 0.05) is 13.1 Å². The van der Waals surface area contributed by atoms with E-state index in [2.05, 4.69) is 17.1 Å². The molecule has 1 fully saturated rings. The van der Waals surface area contributed by atoms with Gasteiger partial charge in [-0.3, -0.25) is 4.79 Å². The Hall–Kier alpha value is -0.610. The predicted molar refractivity (Wildman–Crippen MR) is 78.2 cm³/mol. The lowest BCUT2D eigenvalue weighted by molar-refractivity contribution is -0.148. The van der Waals surface area contributed by atoms with E-state index in [-0.39, 0.29) is 5.97 Å². The summed E-state index contributed by atoms with van der Waals surface area (Å²) in [6, 6.07) is 0. The second-order valence-electron chi connectivity index (χ2n) is 5.85. The maximum absolute atomic E-state index is 11.9. The van der Waals surface area contributed by atoms with E-state index in [4.69, 9.17) is 4.74 Å². The van der Waals surface area contributed by atoms with Gasteiger partial charge in [-0.25, -0.2) is 0 Å². The van der Waals surface area contributed by atoms with Crippen LogP contribution in [0.2, 0.25) is 0 Å². The van der Waals surface area contributed by atoms with Crippen molar-refractivity contribution in [1.82, 2.24) is 10.2 Å². The van der Waals surface area contributed by atoms with Gasteiger partial charge in [-0.15, -0.1) is 0 Å². The Labute approximate surface area is 117 Å². The topological polar surface area (TPSA) is 41.6 Å². The van der Waals surface area contributed by atoms with E-state index in [1.54, 1.807) is 0 Å². The van der Waals surface area contributed by atoms with E-state index in [0.717, 1.165) is 32.0 Å². The van der Waals surface area contributed by atoms with Crippen LogP contribution in [0.25, 0.3) is 0 Å². The zero-order valence-electron chi connectivity index (χ0n) is 13.0. The first-order chi connectivity index (χ1) is 9.05. The molecule has 1 atom stereocenters. The third-order valence-corrected chi connectivity index (χ3v) is 3.88. The van der Waals surface area contributed by atoms with Gasteiger partial charge >= 0.3 is 5.97 Å². The minimum atomic E-state index is -0.557. The molecule has 0 aromatic carbocycles. The molecule has 19 heavy (non-hydrogen) atoms. The molecule has 1 rings (SSSR count). The first kappa shape index (κ1) is 16.4. The lowest BCUT2D eigenvalue weighted by atomic mass is 9.97. The third-order valence-electron chi connectivity index (χ3n) is 3.88. The van der Waals surface area contributed by atoms with Gasteiger partial charge in [-0.2, -0.15) is 0 Å². The normalized spacial score (nSPS) is 18.4. The molecule has 0 aliphatic heterocycles. The van der Waals surface area contributed by atoms with Gasteiger partial charge in [0.2, 0.25) is 0 Å². The average molecular weight is 270 g/mol. The van der Waals surface area contributed by atoms with Gasteiger partial charge in [0.15, 0.2) is 0 Å². The van der Waals surface area contributed by atoms with Crippen molar-refractivity contribution >= 4 is 5.97 Å². The zero-order chi connectivity index (χ0) is 14.3. The molecule has 4 nitrogen and oxygen atoms in total. The van der Waals surface area contributed by atoms with Crippen molar-refractivity contribution in [3.05, 3.63) is 0 Å². The second kappa shape index (κ2) is 7.85. The maximum atomic E-state index is 11.9. The fourth-order valence-corrected chi connectivity index (χ4v) is 2.54. The number of nitrogens with one attached hydrogen (secondary N) is 1. The standard InChI is InChI=1S/C15H30N2O2/c1-5-10-17(12-13-7-8-13)11-9-15(3,16-6-2)14(18)19-4/h13,16H,5-12H2,1-4H3. The van der Waals surface area contributed by atoms with E-state index < -0.39 is 5.54 Å². The van der Waals surface area contributed by atoms with Crippen LogP contribution in [0.3, 0.4) is 0 Å². The first-order valence-corrected chi connectivity index (χ1v) is 7.61. The number of hydrogen-bond donors (Lipinski definition) is 1. The molecule has 0 bridgehead atoms. The van der Waals surface area contributed by atoms with E-state index >= 15 is 0 Å². The van der Waals surface area contributed by atoms with Gasteiger partial charge in [0.25, 0.3) is 0 Å². The first-order valence-electron chi connectivity index (χ1n) is 7.61. The minimum absolute atomic E-state index is 0.155. The summed E-state index contributed by atoms with van der Waals surface area (Å²) in [5.41, 5.74) is -0.557. The van der Waals surface area contributed by atoms with Crippen molar-refractivity contribution in [1.29, 1.82) is 0 Å². The Balaban J connectivity index is 2.49. The summed E-state index contributed by atoms with van der Waals surface area (Å²) < 4.78 is 4.93. The summed E-state index contributed by atoms with van der Waals surface area (Å²) in [4.78, 5) is 14.4. The zero-order valence-corrected chi connectivity index (χ0v) is 13.0. The van der Waals surface area contributed by atoms with Crippen molar-refractivity contribution < 1.29 is 9.53 Å². The molecule has 1 N–H and O–H groups in total. The number of likely N-dealkylation sites (N-methyl/N-ethyl adjacent to an activating group) is 1. The summed E-state index contributed by atoms with van der Waals surface area (Å²) in [5, 5.41) is 3.27. The number of carbonyl (C=O) groups is 1. The lowest BCUT2D eigenvalue weighted by Crippen LogP contribution is -2.52. The molecule has 0 amide bonds. The number of carbonyl (C=O) groups excluding carboxylic acids is 1. The van der Waals surface area contributed by atoms with Gasteiger partial charge in [0.1, 0.15) is 5.54 Å². The number of hydrogen-bond acceptors (Lipinski definition) is 4. The molecule has 4 heteroatoms. The largest absolute Gasteiger partial charge is 0.468 e. The Bertz CT molecular complexity index is 279. The minimum Gasteiger partial charge on any atom is -0.468 e. The molecular formula is C15H30N2O2. The SMILES string of the molecule is CCCN(CCC(C)(NCC)C(=O)OC)CC1CC1. The highest BCUT2D eigenvalue weighted by Crippen LogP contribution is 2.30. The van der Waals surface area contributed by atoms with Gasteiger partial charge in [-0.1, -0.05) is 13.8 Å². The molecule has 0 heterocycles. The van der Waals surface area contributed by atoms with Crippen LogP contribution in [-0.4, -0.2) is 49.7 Å². The van der Waals surface area contributed by atoms with Crippen molar-refractivity contribution in [3.63, 3.8) is 0 Å². The number of ether oxygens (including phenoxy) is 1. The van der Waals surface area contributed by atoms with Crippen LogP contribution in [0.5, 0.6) is 0 Å². The Morgan fingerprint density at radius 1 is 1.37 bits per heavy atom. The molecule has 1 saturated carbocycles. The van der Waals surface area contributed by atoms with Crippen LogP contribution in [0.15, 0.2) is 0 Å². The van der Waals surface area contributed by atoms with Crippen LogP contribution in [0.1, 0.15) is 46.5 Å². The van der Waals surface area contributed by atoms with E-state index in [0.29, 0.717) is 0 Å². The summed E-state index contributed by atoms with van der Waals surface area (Å²) >= 11 is 0. The van der Waals surface area contributed by atoms with Gasteiger partial charge < -0.3 is 15.0 Å². The van der Waals surface area contributed by atoms with Crippen LogP contribution in [-0.2, 0) is 9.53 Å². The van der Waals surface area contributed by atoms with Gasteiger partial charge in [0.05, 0.1) is 7.11 Å². The van der Waals surface area contributed by atoms with Crippen molar-refractivity contribution in [2.45, 2.75) is 52.0 Å². The molecule has 0 spiro atoms. The fourth-order valence-electron chi connectivity index (χ4n) is 2.54. The molecule has 112 valence electrons. The highest BCUT2D eigenvalue weighted by atomic mass is 16.5. The molecule has 0 radical (unpaired) electrons. The fraction of sp³-hybridized carbons (Fsp3) is 0.933. The number of nitrogens with zero attached hydrogens (tertiary/aromatic N) is 1. The van der Waals surface area contributed by atoms with E-state index in [9.17, 15) is 4.79 Å². The highest BCUT2D eigenvalue weighted by Gasteiger charge is 2.34. The Kier molecular flexibility index (Phi) is 6.80. The molecule has 0 saturated heterocycles. The monoisotopic (exact) mass is 270 g/mol. The quantitative estimate of drug-likeness (QED) is 0.617.